The predicted octanol–water partition coefficient (Wildman–Crippen LogP) is 1.62. The van der Waals surface area contributed by atoms with Crippen LogP contribution in [-0.4, -0.2) is 25.5 Å². The SMILES string of the molecule is CC[C@@H](NS(=O)(=O)c1ccc(Cl)cc1F)C(=O)O. The van der Waals surface area contributed by atoms with E-state index in [2.05, 4.69) is 0 Å². The van der Waals surface area contributed by atoms with Gasteiger partial charge in [-0.05, 0) is 24.6 Å². The van der Waals surface area contributed by atoms with Gasteiger partial charge in [0.25, 0.3) is 0 Å². The second-order valence-corrected chi connectivity index (χ2v) is 5.61. The third kappa shape index (κ3) is 3.41. The van der Waals surface area contributed by atoms with Gasteiger partial charge in [-0.1, -0.05) is 18.5 Å². The lowest BCUT2D eigenvalue weighted by Gasteiger charge is -2.13. The molecule has 2 N–H and O–H groups in total. The molecule has 100 valence electrons. The number of halogens is 2. The van der Waals surface area contributed by atoms with Crippen molar-refractivity contribution in [3.63, 3.8) is 0 Å². The van der Waals surface area contributed by atoms with Crippen LogP contribution in [0.15, 0.2) is 23.1 Å². The fraction of sp³-hybridized carbons (Fsp3) is 0.300. The van der Waals surface area contributed by atoms with Crippen molar-refractivity contribution in [3.05, 3.63) is 29.0 Å². The van der Waals surface area contributed by atoms with Crippen molar-refractivity contribution >= 4 is 27.6 Å². The van der Waals surface area contributed by atoms with E-state index in [4.69, 9.17) is 16.7 Å². The first-order valence-corrected chi connectivity index (χ1v) is 6.84. The number of hydrogen-bond acceptors (Lipinski definition) is 3. The Labute approximate surface area is 109 Å². The molecule has 1 atom stereocenters. The summed E-state index contributed by atoms with van der Waals surface area (Å²) in [7, 11) is -4.23. The van der Waals surface area contributed by atoms with Crippen molar-refractivity contribution in [2.45, 2.75) is 24.3 Å². The Bertz CT molecular complexity index is 561. The number of carbonyl (C=O) groups is 1. The number of rotatable bonds is 5. The molecule has 0 aliphatic heterocycles. The van der Waals surface area contributed by atoms with Crippen LogP contribution in [-0.2, 0) is 14.8 Å². The molecule has 0 fully saturated rings. The Kier molecular flexibility index (Phi) is 4.66. The van der Waals surface area contributed by atoms with Crippen LogP contribution in [0.2, 0.25) is 5.02 Å². The molecule has 1 rings (SSSR count). The summed E-state index contributed by atoms with van der Waals surface area (Å²) in [4.78, 5) is 10.1. The highest BCUT2D eigenvalue weighted by atomic mass is 35.5. The summed E-state index contributed by atoms with van der Waals surface area (Å²) in [6.07, 6.45) is 0.0454. The van der Waals surface area contributed by atoms with Crippen LogP contribution in [0.3, 0.4) is 0 Å². The van der Waals surface area contributed by atoms with Gasteiger partial charge in [-0.2, -0.15) is 4.72 Å². The third-order valence-electron chi connectivity index (χ3n) is 2.19. The number of aliphatic carboxylic acids is 1. The Hall–Kier alpha value is -1.18. The number of carboxylic acids is 1. The Morgan fingerprint density at radius 2 is 2.17 bits per heavy atom. The summed E-state index contributed by atoms with van der Waals surface area (Å²) in [5, 5.41) is 8.81. The number of nitrogens with one attached hydrogen (secondary N) is 1. The average molecular weight is 296 g/mol. The molecule has 0 bridgehead atoms. The highest BCUT2D eigenvalue weighted by Crippen LogP contribution is 2.19. The molecule has 0 radical (unpaired) electrons. The fourth-order valence-electron chi connectivity index (χ4n) is 1.25. The first-order chi connectivity index (χ1) is 8.27. The second kappa shape index (κ2) is 5.64. The van der Waals surface area contributed by atoms with E-state index in [9.17, 15) is 17.6 Å². The van der Waals surface area contributed by atoms with Gasteiger partial charge in [0.2, 0.25) is 10.0 Å². The number of sulfonamides is 1. The molecule has 0 aliphatic carbocycles. The predicted molar refractivity (Wildman–Crippen MR) is 63.4 cm³/mol. The van der Waals surface area contributed by atoms with Gasteiger partial charge in [-0.25, -0.2) is 12.8 Å². The fourth-order valence-corrected chi connectivity index (χ4v) is 2.74. The smallest absolute Gasteiger partial charge is 0.321 e. The maximum absolute atomic E-state index is 13.5. The molecule has 0 unspecified atom stereocenters. The molecule has 0 amide bonds. The van der Waals surface area contributed by atoms with Crippen LogP contribution in [0, 0.1) is 5.82 Å². The largest absolute Gasteiger partial charge is 0.480 e. The molecule has 0 aliphatic rings. The van der Waals surface area contributed by atoms with Crippen molar-refractivity contribution in [1.29, 1.82) is 0 Å². The first kappa shape index (κ1) is 14.9. The lowest BCUT2D eigenvalue weighted by molar-refractivity contribution is -0.139. The standard InChI is InChI=1S/C10H11ClFNO4S/c1-2-8(10(14)15)13-18(16,17)9-4-3-6(11)5-7(9)12/h3-5,8,13H,2H2,1H3,(H,14,15)/t8-/m1/s1. The highest BCUT2D eigenvalue weighted by Gasteiger charge is 2.26. The first-order valence-electron chi connectivity index (χ1n) is 4.98. The Morgan fingerprint density at radius 3 is 2.61 bits per heavy atom. The zero-order valence-corrected chi connectivity index (χ0v) is 10.9. The molecule has 18 heavy (non-hydrogen) atoms. The van der Waals surface area contributed by atoms with Gasteiger partial charge >= 0.3 is 5.97 Å². The lowest BCUT2D eigenvalue weighted by Crippen LogP contribution is -2.40. The molecule has 1 aromatic carbocycles. The Balaban J connectivity index is 3.10. The van der Waals surface area contributed by atoms with Crippen LogP contribution in [0.5, 0.6) is 0 Å². The van der Waals surface area contributed by atoms with Crippen LogP contribution in [0.25, 0.3) is 0 Å². The van der Waals surface area contributed by atoms with E-state index >= 15 is 0 Å². The summed E-state index contributed by atoms with van der Waals surface area (Å²) in [5.74, 6) is -2.36. The lowest BCUT2D eigenvalue weighted by atomic mass is 10.2. The molecule has 0 aromatic heterocycles. The van der Waals surface area contributed by atoms with Gasteiger partial charge in [-0.15, -0.1) is 0 Å². The van der Waals surface area contributed by atoms with Crippen molar-refractivity contribution in [1.82, 2.24) is 4.72 Å². The zero-order valence-electron chi connectivity index (χ0n) is 9.35. The van der Waals surface area contributed by atoms with E-state index in [1.54, 1.807) is 0 Å². The minimum atomic E-state index is -4.23. The maximum atomic E-state index is 13.5. The van der Waals surface area contributed by atoms with E-state index in [0.717, 1.165) is 12.1 Å². The molecule has 0 spiro atoms. The second-order valence-electron chi connectivity index (χ2n) is 3.50. The number of benzene rings is 1. The quantitative estimate of drug-likeness (QED) is 0.864. The van der Waals surface area contributed by atoms with Crippen molar-refractivity contribution in [2.75, 3.05) is 0 Å². The van der Waals surface area contributed by atoms with Crippen molar-refractivity contribution < 1.29 is 22.7 Å². The number of carboxylic acid groups (broad SMARTS) is 1. The Morgan fingerprint density at radius 1 is 1.56 bits per heavy atom. The van der Waals surface area contributed by atoms with E-state index in [1.807, 2.05) is 4.72 Å². The summed E-state index contributed by atoms with van der Waals surface area (Å²) in [5.41, 5.74) is 0. The van der Waals surface area contributed by atoms with Crippen molar-refractivity contribution in [3.8, 4) is 0 Å². The van der Waals surface area contributed by atoms with Crippen LogP contribution >= 0.6 is 11.6 Å². The monoisotopic (exact) mass is 295 g/mol. The van der Waals surface area contributed by atoms with Crippen LogP contribution in [0.4, 0.5) is 4.39 Å². The summed E-state index contributed by atoms with van der Waals surface area (Å²) >= 11 is 5.50. The van der Waals surface area contributed by atoms with E-state index in [-0.39, 0.29) is 11.4 Å². The van der Waals surface area contributed by atoms with Gasteiger partial charge in [0.05, 0.1) is 0 Å². The summed E-state index contributed by atoms with van der Waals surface area (Å²) < 4.78 is 38.9. The van der Waals surface area contributed by atoms with Gasteiger partial charge in [0.15, 0.2) is 0 Å². The van der Waals surface area contributed by atoms with Crippen molar-refractivity contribution in [2.24, 2.45) is 0 Å². The third-order valence-corrected chi connectivity index (χ3v) is 3.93. The molecule has 0 heterocycles. The summed E-state index contributed by atoms with van der Waals surface area (Å²) in [6.45, 7) is 1.50. The van der Waals surface area contributed by atoms with Crippen LogP contribution in [0.1, 0.15) is 13.3 Å². The number of hydrogen-bond donors (Lipinski definition) is 2. The van der Waals surface area contributed by atoms with Crippen LogP contribution < -0.4 is 4.72 Å². The minimum absolute atomic E-state index is 0.0454. The van der Waals surface area contributed by atoms with Gasteiger partial charge in [0, 0.05) is 5.02 Å². The van der Waals surface area contributed by atoms with E-state index in [0.29, 0.717) is 0 Å². The van der Waals surface area contributed by atoms with Gasteiger partial charge in [-0.3, -0.25) is 4.79 Å². The minimum Gasteiger partial charge on any atom is -0.480 e. The molecule has 1 aromatic rings. The normalized spacial score (nSPS) is 13.3. The molecule has 0 saturated heterocycles. The van der Waals surface area contributed by atoms with E-state index < -0.39 is 32.7 Å². The van der Waals surface area contributed by atoms with Gasteiger partial charge < -0.3 is 5.11 Å². The molecular formula is C10H11ClFNO4S. The topological polar surface area (TPSA) is 83.5 Å². The molecule has 8 heteroatoms. The highest BCUT2D eigenvalue weighted by molar-refractivity contribution is 7.89. The zero-order chi connectivity index (χ0) is 13.9. The average Bonchev–Trinajstić information content (AvgIpc) is 2.24. The molecule has 0 saturated carbocycles. The van der Waals surface area contributed by atoms with Gasteiger partial charge in [0.1, 0.15) is 16.8 Å². The van der Waals surface area contributed by atoms with E-state index in [1.165, 1.54) is 13.0 Å². The molecular weight excluding hydrogens is 285 g/mol. The maximum Gasteiger partial charge on any atom is 0.321 e. The molecule has 5 nitrogen and oxygen atoms in total. The summed E-state index contributed by atoms with van der Waals surface area (Å²) in [6, 6.07) is 1.73.